The van der Waals surface area contributed by atoms with Crippen LogP contribution in [0.5, 0.6) is 0 Å². The Balaban J connectivity index is 3.25. The minimum Gasteiger partial charge on any atom is -0.481 e. The van der Waals surface area contributed by atoms with E-state index in [1.165, 1.54) is 11.1 Å². The first-order valence-corrected chi connectivity index (χ1v) is 7.41. The summed E-state index contributed by atoms with van der Waals surface area (Å²) in [6.07, 6.45) is 0.541. The molecule has 2 atom stereocenters. The largest absolute Gasteiger partial charge is 0.481 e. The maximum Gasteiger partial charge on any atom is 0.308 e. The normalized spacial score (nSPS) is 14.6. The molecular weight excluding hydrogens is 250 g/mol. The number of carbonyl (C=O) groups is 1. The molecule has 0 fully saturated rings. The number of carboxylic acids is 1. The van der Waals surface area contributed by atoms with Crippen molar-refractivity contribution in [2.45, 2.75) is 58.9 Å². The van der Waals surface area contributed by atoms with Gasteiger partial charge in [0, 0.05) is 6.04 Å². The van der Waals surface area contributed by atoms with Gasteiger partial charge in [0.1, 0.15) is 0 Å². The zero-order chi connectivity index (χ0) is 15.4. The summed E-state index contributed by atoms with van der Waals surface area (Å²) in [6, 6.07) is 5.88. The van der Waals surface area contributed by atoms with E-state index in [2.05, 4.69) is 45.9 Å². The smallest absolute Gasteiger partial charge is 0.308 e. The minimum absolute atomic E-state index is 0.407. The van der Waals surface area contributed by atoms with Crippen molar-refractivity contribution in [3.05, 3.63) is 34.9 Å². The number of hydrogen-bond acceptors (Lipinski definition) is 2. The van der Waals surface area contributed by atoms with Crippen LogP contribution in [0.4, 0.5) is 0 Å². The molecule has 0 radical (unpaired) electrons. The highest BCUT2D eigenvalue weighted by molar-refractivity contribution is 5.71. The highest BCUT2D eigenvalue weighted by Crippen LogP contribution is 2.29. The van der Waals surface area contributed by atoms with E-state index in [-0.39, 0.29) is 0 Å². The van der Waals surface area contributed by atoms with Crippen molar-refractivity contribution < 1.29 is 9.90 Å². The van der Waals surface area contributed by atoms with Gasteiger partial charge in [-0.05, 0) is 34.9 Å². The maximum absolute atomic E-state index is 11.3. The fourth-order valence-corrected chi connectivity index (χ4v) is 2.38. The highest BCUT2D eigenvalue weighted by atomic mass is 16.4. The zero-order valence-electron chi connectivity index (χ0n) is 13.2. The molecule has 0 saturated heterocycles. The van der Waals surface area contributed by atoms with Crippen LogP contribution in [0.3, 0.4) is 0 Å². The number of hydrogen-bond donors (Lipinski definition) is 2. The lowest BCUT2D eigenvalue weighted by atomic mass is 9.86. The Kier molecular flexibility index (Phi) is 5.75. The van der Waals surface area contributed by atoms with Gasteiger partial charge < -0.3 is 10.8 Å². The van der Waals surface area contributed by atoms with E-state index in [1.807, 2.05) is 6.92 Å². The summed E-state index contributed by atoms with van der Waals surface area (Å²) in [5, 5.41) is 9.28. The lowest BCUT2D eigenvalue weighted by Crippen LogP contribution is -2.28. The van der Waals surface area contributed by atoms with Gasteiger partial charge in [0.05, 0.1) is 5.92 Å². The second-order valence-corrected chi connectivity index (χ2v) is 6.12. The molecule has 0 amide bonds. The lowest BCUT2D eigenvalue weighted by Gasteiger charge is -2.22. The summed E-state index contributed by atoms with van der Waals surface area (Å²) in [5.74, 6) is -0.535. The summed E-state index contributed by atoms with van der Waals surface area (Å²) < 4.78 is 0. The second-order valence-electron chi connectivity index (χ2n) is 6.12. The van der Waals surface area contributed by atoms with E-state index >= 15 is 0 Å². The number of benzene rings is 1. The molecule has 112 valence electrons. The van der Waals surface area contributed by atoms with Crippen molar-refractivity contribution in [2.75, 3.05) is 0 Å². The zero-order valence-corrected chi connectivity index (χ0v) is 13.2. The molecule has 1 aromatic carbocycles. The number of aliphatic carboxylic acids is 1. The molecule has 3 nitrogen and oxygen atoms in total. The Morgan fingerprint density at radius 3 is 1.75 bits per heavy atom. The average Bonchev–Trinajstić information content (AvgIpc) is 2.38. The van der Waals surface area contributed by atoms with Crippen molar-refractivity contribution in [1.82, 2.24) is 0 Å². The van der Waals surface area contributed by atoms with Crippen molar-refractivity contribution in [1.29, 1.82) is 0 Å². The highest BCUT2D eigenvalue weighted by Gasteiger charge is 2.25. The Hall–Kier alpha value is -1.35. The van der Waals surface area contributed by atoms with Crippen molar-refractivity contribution in [3.8, 4) is 0 Å². The van der Waals surface area contributed by atoms with E-state index in [4.69, 9.17) is 5.73 Å². The van der Waals surface area contributed by atoms with Crippen LogP contribution in [-0.4, -0.2) is 11.1 Å². The van der Waals surface area contributed by atoms with Gasteiger partial charge in [0.15, 0.2) is 0 Å². The molecule has 0 aliphatic rings. The van der Waals surface area contributed by atoms with E-state index in [9.17, 15) is 9.90 Å². The molecule has 20 heavy (non-hydrogen) atoms. The van der Waals surface area contributed by atoms with E-state index in [0.717, 1.165) is 5.56 Å². The number of nitrogens with two attached hydrogens (primary N) is 1. The average molecular weight is 277 g/mol. The van der Waals surface area contributed by atoms with Gasteiger partial charge in [-0.3, -0.25) is 4.79 Å². The third-order valence-electron chi connectivity index (χ3n) is 3.91. The molecule has 3 N–H and O–H groups in total. The van der Waals surface area contributed by atoms with Crippen LogP contribution in [-0.2, 0) is 4.79 Å². The van der Waals surface area contributed by atoms with Gasteiger partial charge in [-0.25, -0.2) is 0 Å². The minimum atomic E-state index is -0.818. The second kappa shape index (κ2) is 6.89. The standard InChI is InChI=1S/C17H27NO2/c1-6-15(17(19)20)16(18)14-8-12(10(2)3)7-13(9-14)11(4)5/h7-11,15-16H,6,18H2,1-5H3,(H,19,20). The number of rotatable bonds is 6. The molecule has 1 rings (SSSR count). The van der Waals surface area contributed by atoms with Crippen molar-refractivity contribution in [3.63, 3.8) is 0 Å². The van der Waals surface area contributed by atoms with Crippen LogP contribution in [0.15, 0.2) is 18.2 Å². The van der Waals surface area contributed by atoms with Crippen LogP contribution in [0, 0.1) is 5.92 Å². The van der Waals surface area contributed by atoms with Gasteiger partial charge in [0.2, 0.25) is 0 Å². The van der Waals surface area contributed by atoms with E-state index in [1.54, 1.807) is 0 Å². The molecule has 0 saturated carbocycles. The first-order chi connectivity index (χ1) is 9.27. The summed E-state index contributed by atoms with van der Waals surface area (Å²) in [4.78, 5) is 11.3. The van der Waals surface area contributed by atoms with Crippen LogP contribution < -0.4 is 5.73 Å². The quantitative estimate of drug-likeness (QED) is 0.824. The summed E-state index contributed by atoms with van der Waals surface area (Å²) >= 11 is 0. The van der Waals surface area contributed by atoms with Gasteiger partial charge in [-0.1, -0.05) is 52.8 Å². The molecule has 3 heteroatoms. The topological polar surface area (TPSA) is 63.3 Å². The van der Waals surface area contributed by atoms with Gasteiger partial charge in [-0.2, -0.15) is 0 Å². The van der Waals surface area contributed by atoms with Gasteiger partial charge in [-0.15, -0.1) is 0 Å². The van der Waals surface area contributed by atoms with Crippen LogP contribution in [0.1, 0.15) is 75.6 Å². The lowest BCUT2D eigenvalue weighted by molar-refractivity contribution is -0.142. The number of carboxylic acid groups (broad SMARTS) is 1. The summed E-state index contributed by atoms with van der Waals surface area (Å²) in [5.41, 5.74) is 9.59. The molecule has 0 aliphatic carbocycles. The van der Waals surface area contributed by atoms with Crippen LogP contribution in [0.25, 0.3) is 0 Å². The molecular formula is C17H27NO2. The molecule has 0 spiro atoms. The molecule has 1 aromatic rings. The first kappa shape index (κ1) is 16.7. The first-order valence-electron chi connectivity index (χ1n) is 7.41. The maximum atomic E-state index is 11.3. The fraction of sp³-hybridized carbons (Fsp3) is 0.588. The van der Waals surface area contributed by atoms with Crippen molar-refractivity contribution in [2.24, 2.45) is 11.7 Å². The third-order valence-corrected chi connectivity index (χ3v) is 3.91. The predicted octanol–water partition coefficient (Wildman–Crippen LogP) is 4.04. The molecule has 0 aromatic heterocycles. The third kappa shape index (κ3) is 3.83. The molecule has 0 bridgehead atoms. The van der Waals surface area contributed by atoms with Crippen LogP contribution >= 0.6 is 0 Å². The predicted molar refractivity (Wildman–Crippen MR) is 83.0 cm³/mol. The van der Waals surface area contributed by atoms with E-state index < -0.39 is 17.9 Å². The Morgan fingerprint density at radius 2 is 1.45 bits per heavy atom. The summed E-state index contributed by atoms with van der Waals surface area (Å²) in [6.45, 7) is 10.4. The van der Waals surface area contributed by atoms with Gasteiger partial charge in [0.25, 0.3) is 0 Å². The molecule has 0 heterocycles. The molecule has 0 aliphatic heterocycles. The van der Waals surface area contributed by atoms with Gasteiger partial charge >= 0.3 is 5.97 Å². The Bertz CT molecular complexity index is 440. The van der Waals surface area contributed by atoms with Crippen LogP contribution in [0.2, 0.25) is 0 Å². The Morgan fingerprint density at radius 1 is 1.05 bits per heavy atom. The molecule has 2 unspecified atom stereocenters. The summed E-state index contributed by atoms with van der Waals surface area (Å²) in [7, 11) is 0. The van der Waals surface area contributed by atoms with Crippen molar-refractivity contribution >= 4 is 5.97 Å². The SMILES string of the molecule is CCC(C(=O)O)C(N)c1cc(C(C)C)cc(C(C)C)c1. The fourth-order valence-electron chi connectivity index (χ4n) is 2.38. The Labute approximate surface area is 122 Å². The monoisotopic (exact) mass is 277 g/mol. The van der Waals surface area contributed by atoms with E-state index in [0.29, 0.717) is 18.3 Å².